The fraction of sp³-hybridized carbons (Fsp3) is 0.750. The molecule has 0 saturated carbocycles. The second-order valence-electron chi connectivity index (χ2n) is 4.23. The summed E-state index contributed by atoms with van der Waals surface area (Å²) in [6.45, 7) is 1.11. The molecule has 0 saturated heterocycles. The van der Waals surface area contributed by atoms with Crippen molar-refractivity contribution in [2.45, 2.75) is 31.6 Å². The standard InChI is InChI=1S/C8H19N6O6P/c1-5(21(18,19)20)13(14(16)17)7(15)6(9)3-2-4-12-8(10)11/h5-6H,2-4,9H2,1H3,(H4,10,11,12)(H2,18,19,20)/t5-,6+/m1/s1. The number of hydrogen-bond donors (Lipinski definition) is 6. The second kappa shape index (κ2) is 7.88. The van der Waals surface area contributed by atoms with Crippen LogP contribution in [0.3, 0.4) is 0 Å². The quantitative estimate of drug-likeness (QED) is 0.0734. The van der Waals surface area contributed by atoms with Crippen molar-refractivity contribution >= 4 is 19.5 Å². The van der Waals surface area contributed by atoms with Gasteiger partial charge in [0.15, 0.2) is 16.8 Å². The summed E-state index contributed by atoms with van der Waals surface area (Å²) in [5.74, 6) is -3.38. The normalized spacial score (nSPS) is 14.1. The minimum atomic E-state index is -4.85. The zero-order chi connectivity index (χ0) is 16.8. The fourth-order valence-corrected chi connectivity index (χ4v) is 1.87. The lowest BCUT2D eigenvalue weighted by Gasteiger charge is -2.22. The van der Waals surface area contributed by atoms with Crippen LogP contribution in [0.2, 0.25) is 0 Å². The Morgan fingerprint density at radius 3 is 2.48 bits per heavy atom. The molecule has 8 N–H and O–H groups in total. The van der Waals surface area contributed by atoms with Crippen LogP contribution in [0.4, 0.5) is 0 Å². The minimum Gasteiger partial charge on any atom is -0.370 e. The Kier molecular flexibility index (Phi) is 7.22. The van der Waals surface area contributed by atoms with Crippen LogP contribution in [-0.2, 0) is 9.36 Å². The third-order valence-corrected chi connectivity index (χ3v) is 3.76. The molecular weight excluding hydrogens is 307 g/mol. The highest BCUT2D eigenvalue weighted by atomic mass is 31.2. The van der Waals surface area contributed by atoms with Gasteiger partial charge >= 0.3 is 13.5 Å². The molecule has 0 rings (SSSR count). The molecule has 13 heteroatoms. The molecule has 0 aromatic carbocycles. The summed E-state index contributed by atoms with van der Waals surface area (Å²) < 4.78 is 11.0. The van der Waals surface area contributed by atoms with Gasteiger partial charge in [-0.2, -0.15) is 0 Å². The highest BCUT2D eigenvalue weighted by Gasteiger charge is 2.43. The van der Waals surface area contributed by atoms with Crippen LogP contribution in [0.1, 0.15) is 19.8 Å². The number of amides is 1. The maximum Gasteiger partial charge on any atom is 0.354 e. The predicted molar refractivity (Wildman–Crippen MR) is 72.5 cm³/mol. The molecule has 0 spiro atoms. The Balaban J connectivity index is 4.71. The van der Waals surface area contributed by atoms with E-state index in [0.717, 1.165) is 6.92 Å². The van der Waals surface area contributed by atoms with Crippen LogP contribution in [0, 0.1) is 15.5 Å². The van der Waals surface area contributed by atoms with E-state index < -0.39 is 30.4 Å². The first-order chi connectivity index (χ1) is 9.48. The van der Waals surface area contributed by atoms with Gasteiger partial charge in [-0.25, -0.2) is 10.1 Å². The van der Waals surface area contributed by atoms with Crippen LogP contribution in [0.15, 0.2) is 0 Å². The summed E-state index contributed by atoms with van der Waals surface area (Å²) in [4.78, 5) is 40.5. The molecule has 122 valence electrons. The fourth-order valence-electron chi connectivity index (χ4n) is 1.38. The van der Waals surface area contributed by atoms with E-state index in [4.69, 9.17) is 26.7 Å². The number of carbonyl (C=O) groups is 1. The van der Waals surface area contributed by atoms with E-state index in [1.807, 2.05) is 0 Å². The van der Waals surface area contributed by atoms with E-state index in [0.29, 0.717) is 6.42 Å². The van der Waals surface area contributed by atoms with Crippen LogP contribution in [0.25, 0.3) is 0 Å². The molecule has 0 radical (unpaired) electrons. The van der Waals surface area contributed by atoms with E-state index in [1.165, 1.54) is 0 Å². The number of guanidine groups is 1. The van der Waals surface area contributed by atoms with Crippen LogP contribution in [-0.4, -0.2) is 50.1 Å². The number of rotatable bonds is 8. The van der Waals surface area contributed by atoms with E-state index in [-0.39, 0.29) is 23.9 Å². The van der Waals surface area contributed by atoms with Gasteiger partial charge in [-0.3, -0.25) is 14.8 Å². The minimum absolute atomic E-state index is 0.0251. The maximum absolute atomic E-state index is 11.8. The zero-order valence-corrected chi connectivity index (χ0v) is 12.2. The van der Waals surface area contributed by atoms with Gasteiger partial charge in [0.25, 0.3) is 0 Å². The van der Waals surface area contributed by atoms with Gasteiger partial charge in [0.05, 0.1) is 6.04 Å². The molecule has 0 aliphatic rings. The lowest BCUT2D eigenvalue weighted by atomic mass is 10.1. The number of carbonyl (C=O) groups excluding carboxylic acids is 1. The summed E-state index contributed by atoms with van der Waals surface area (Å²) in [5.41, 5.74) is 10.5. The molecule has 12 nitrogen and oxygen atoms in total. The maximum atomic E-state index is 11.8. The zero-order valence-electron chi connectivity index (χ0n) is 11.3. The van der Waals surface area contributed by atoms with Crippen molar-refractivity contribution in [1.82, 2.24) is 10.3 Å². The van der Waals surface area contributed by atoms with Crippen LogP contribution >= 0.6 is 7.60 Å². The Hall–Kier alpha value is -1.75. The second-order valence-corrected chi connectivity index (χ2v) is 6.16. The third kappa shape index (κ3) is 6.49. The molecule has 0 fully saturated rings. The molecular formula is C8H19N6O6P. The number of nitrogens with two attached hydrogens (primary N) is 2. The Labute approximate surface area is 120 Å². The molecule has 2 atom stereocenters. The van der Waals surface area contributed by atoms with Crippen molar-refractivity contribution in [2.75, 3.05) is 6.54 Å². The summed E-state index contributed by atoms with van der Waals surface area (Å²) in [7, 11) is -4.85. The Bertz CT molecular complexity index is 453. The monoisotopic (exact) mass is 326 g/mol. The van der Waals surface area contributed by atoms with Crippen LogP contribution in [0.5, 0.6) is 0 Å². The van der Waals surface area contributed by atoms with Crippen molar-refractivity contribution in [3.05, 3.63) is 10.1 Å². The van der Waals surface area contributed by atoms with Gasteiger partial charge in [0, 0.05) is 6.54 Å². The van der Waals surface area contributed by atoms with Crippen molar-refractivity contribution in [2.24, 2.45) is 11.5 Å². The molecule has 0 aromatic rings. The first-order valence-corrected chi connectivity index (χ1v) is 7.52. The smallest absolute Gasteiger partial charge is 0.354 e. The third-order valence-electron chi connectivity index (χ3n) is 2.57. The first-order valence-electron chi connectivity index (χ1n) is 5.84. The van der Waals surface area contributed by atoms with Gasteiger partial charge in [-0.1, -0.05) is 0 Å². The van der Waals surface area contributed by atoms with Gasteiger partial charge in [0.2, 0.25) is 0 Å². The average Bonchev–Trinajstić information content (AvgIpc) is 2.32. The summed E-state index contributed by atoms with van der Waals surface area (Å²) in [6, 6.07) is -1.29. The van der Waals surface area contributed by atoms with Crippen molar-refractivity contribution < 1.29 is 24.2 Å². The molecule has 0 bridgehead atoms. The number of hydrogen-bond acceptors (Lipinski definition) is 6. The summed E-state index contributed by atoms with van der Waals surface area (Å²) in [5, 5.41) is 18.8. The van der Waals surface area contributed by atoms with E-state index >= 15 is 0 Å². The predicted octanol–water partition coefficient (Wildman–Crippen LogP) is -1.88. The largest absolute Gasteiger partial charge is 0.370 e. The SMILES string of the molecule is C[C@H](N(C(=O)[C@@H](N)CCCNC(=N)N)[N+](=O)[O-])P(=O)(O)O. The van der Waals surface area contributed by atoms with Gasteiger partial charge < -0.3 is 26.6 Å². The summed E-state index contributed by atoms with van der Waals surface area (Å²) in [6.07, 6.45) is 0.319. The average molecular weight is 326 g/mol. The van der Waals surface area contributed by atoms with E-state index in [1.54, 1.807) is 0 Å². The van der Waals surface area contributed by atoms with E-state index in [9.17, 15) is 19.5 Å². The molecule has 1 amide bonds. The van der Waals surface area contributed by atoms with Gasteiger partial charge in [-0.05, 0) is 24.8 Å². The topological polar surface area (TPSA) is 209 Å². The highest BCUT2D eigenvalue weighted by Crippen LogP contribution is 2.42. The lowest BCUT2D eigenvalue weighted by Crippen LogP contribution is -2.50. The number of hydrazine groups is 1. The molecule has 0 aliphatic carbocycles. The van der Waals surface area contributed by atoms with Crippen LogP contribution < -0.4 is 16.8 Å². The molecule has 0 heterocycles. The summed E-state index contributed by atoms with van der Waals surface area (Å²) >= 11 is 0. The van der Waals surface area contributed by atoms with Gasteiger partial charge in [0.1, 0.15) is 0 Å². The van der Waals surface area contributed by atoms with Crippen molar-refractivity contribution in [1.29, 1.82) is 5.41 Å². The Morgan fingerprint density at radius 2 is 2.10 bits per heavy atom. The highest BCUT2D eigenvalue weighted by molar-refractivity contribution is 7.52. The number of nitrogens with one attached hydrogen (secondary N) is 2. The first kappa shape index (κ1) is 19.2. The van der Waals surface area contributed by atoms with E-state index in [2.05, 4.69) is 5.32 Å². The van der Waals surface area contributed by atoms with Gasteiger partial charge in [-0.15, -0.1) is 0 Å². The number of nitro groups is 1. The molecule has 0 aromatic heterocycles. The molecule has 0 aliphatic heterocycles. The van der Waals surface area contributed by atoms with Crippen molar-refractivity contribution in [3.8, 4) is 0 Å². The lowest BCUT2D eigenvalue weighted by molar-refractivity contribution is -0.638. The van der Waals surface area contributed by atoms with Crippen molar-refractivity contribution in [3.63, 3.8) is 0 Å². The molecule has 21 heavy (non-hydrogen) atoms. The molecule has 0 unspecified atom stereocenters. The Morgan fingerprint density at radius 1 is 1.57 bits per heavy atom. The number of nitrogens with zero attached hydrogens (tertiary/aromatic N) is 2.